The van der Waals surface area contributed by atoms with Crippen molar-refractivity contribution in [1.29, 1.82) is 5.26 Å². The van der Waals surface area contributed by atoms with Crippen LogP contribution in [0.5, 0.6) is 0 Å². The highest BCUT2D eigenvalue weighted by Crippen LogP contribution is 2.44. The summed E-state index contributed by atoms with van der Waals surface area (Å²) in [6.07, 6.45) is -0.655. The van der Waals surface area contributed by atoms with E-state index in [4.69, 9.17) is 14.5 Å². The molecule has 0 aromatic heterocycles. The Bertz CT molecular complexity index is 1410. The lowest BCUT2D eigenvalue weighted by molar-refractivity contribution is 0.149. The predicted octanol–water partition coefficient (Wildman–Crippen LogP) is 6.74. The number of ether oxygens (including phenoxy) is 2. The first kappa shape index (κ1) is 22.6. The second kappa shape index (κ2) is 10.0. The average Bonchev–Trinajstić information content (AvgIpc) is 3.61. The van der Waals surface area contributed by atoms with Crippen LogP contribution in [0.15, 0.2) is 138 Å². The molecule has 180 valence electrons. The van der Waals surface area contributed by atoms with Gasteiger partial charge in [-0.25, -0.2) is 4.99 Å². The van der Waals surface area contributed by atoms with Crippen LogP contribution < -0.4 is 5.32 Å². The zero-order valence-corrected chi connectivity index (χ0v) is 20.1. The Balaban J connectivity index is 1.40. The molecular formula is C32H25N3O2. The summed E-state index contributed by atoms with van der Waals surface area (Å²) < 4.78 is 12.9. The standard InChI is InChI=1S/C32H25N3O2/c33-21-26(31-34-27(22-13-5-1-6-14-22)29(36-31)24-17-9-3-10-18-24)32-35-28(23-15-7-2-8-16-23)30(37-32)25-19-11-4-12-20-25/h1-20,27-30,34H/b31-26-/t27-,28-,29+,30+/m1/s1. The summed E-state index contributed by atoms with van der Waals surface area (Å²) in [6.45, 7) is 0. The summed E-state index contributed by atoms with van der Waals surface area (Å²) in [4.78, 5) is 4.92. The number of nitriles is 1. The highest BCUT2D eigenvalue weighted by molar-refractivity contribution is 5.99. The molecule has 1 fully saturated rings. The Kier molecular flexibility index (Phi) is 6.14. The summed E-state index contributed by atoms with van der Waals surface area (Å²) >= 11 is 0. The Hall–Kier alpha value is -4.82. The summed E-state index contributed by atoms with van der Waals surface area (Å²) in [5.74, 6) is 0.665. The van der Waals surface area contributed by atoms with Gasteiger partial charge in [0, 0.05) is 0 Å². The molecule has 4 aromatic carbocycles. The summed E-state index contributed by atoms with van der Waals surface area (Å²) in [6, 6.07) is 42.1. The quantitative estimate of drug-likeness (QED) is 0.320. The Morgan fingerprint density at radius 1 is 0.622 bits per heavy atom. The van der Waals surface area contributed by atoms with Crippen molar-refractivity contribution < 1.29 is 9.47 Å². The first-order valence-electron chi connectivity index (χ1n) is 12.3. The first-order valence-corrected chi connectivity index (χ1v) is 12.3. The summed E-state index contributed by atoms with van der Waals surface area (Å²) in [7, 11) is 0. The maximum absolute atomic E-state index is 10.3. The number of nitrogens with one attached hydrogen (secondary N) is 1. The fraction of sp³-hybridized carbons (Fsp3) is 0.125. The second-order valence-corrected chi connectivity index (χ2v) is 9.04. The van der Waals surface area contributed by atoms with Crippen molar-refractivity contribution in [1.82, 2.24) is 5.32 Å². The van der Waals surface area contributed by atoms with Crippen LogP contribution in [-0.2, 0) is 9.47 Å². The number of nitrogens with zero attached hydrogens (tertiary/aromatic N) is 2. The van der Waals surface area contributed by atoms with Gasteiger partial charge in [0.2, 0.25) is 11.8 Å². The molecule has 6 rings (SSSR count). The molecule has 4 atom stereocenters. The third-order valence-electron chi connectivity index (χ3n) is 6.72. The van der Waals surface area contributed by atoms with Crippen LogP contribution in [-0.4, -0.2) is 5.90 Å². The number of rotatable bonds is 5. The smallest absolute Gasteiger partial charge is 0.234 e. The van der Waals surface area contributed by atoms with Crippen molar-refractivity contribution >= 4 is 5.90 Å². The highest BCUT2D eigenvalue weighted by Gasteiger charge is 2.40. The first-order chi connectivity index (χ1) is 18.3. The topological polar surface area (TPSA) is 66.6 Å². The molecule has 1 saturated heterocycles. The van der Waals surface area contributed by atoms with Gasteiger partial charge < -0.3 is 14.8 Å². The molecule has 0 unspecified atom stereocenters. The Morgan fingerprint density at radius 3 is 1.65 bits per heavy atom. The molecule has 5 nitrogen and oxygen atoms in total. The summed E-state index contributed by atoms with van der Waals surface area (Å²) in [5.41, 5.74) is 4.39. The van der Waals surface area contributed by atoms with Crippen LogP contribution in [0.3, 0.4) is 0 Å². The van der Waals surface area contributed by atoms with Crippen LogP contribution in [0.2, 0.25) is 0 Å². The molecule has 37 heavy (non-hydrogen) atoms. The molecule has 2 aliphatic rings. The number of aliphatic imine (C=N–C) groups is 1. The van der Waals surface area contributed by atoms with Crippen LogP contribution >= 0.6 is 0 Å². The van der Waals surface area contributed by atoms with E-state index in [9.17, 15) is 5.26 Å². The lowest BCUT2D eigenvalue weighted by Crippen LogP contribution is -2.18. The normalized spacial score (nSPS) is 23.7. The van der Waals surface area contributed by atoms with Crippen LogP contribution in [0.25, 0.3) is 0 Å². The average molecular weight is 484 g/mol. The molecule has 4 aromatic rings. The molecule has 0 amide bonds. The molecule has 2 aliphatic heterocycles. The fourth-order valence-corrected chi connectivity index (χ4v) is 4.92. The van der Waals surface area contributed by atoms with Gasteiger partial charge in [-0.3, -0.25) is 0 Å². The SMILES string of the molecule is N#C/C(C1=N[C@H](c2ccccc2)[C@H](c2ccccc2)O1)=C1\N[C@H](c2ccccc2)[C@H](c2ccccc2)O1. The van der Waals surface area contributed by atoms with Gasteiger partial charge in [-0.05, 0) is 22.3 Å². The van der Waals surface area contributed by atoms with E-state index < -0.39 is 0 Å². The van der Waals surface area contributed by atoms with Crippen molar-refractivity contribution in [2.45, 2.75) is 24.3 Å². The molecule has 0 saturated carbocycles. The van der Waals surface area contributed by atoms with E-state index in [1.54, 1.807) is 0 Å². The molecule has 0 bridgehead atoms. The Labute approximate surface area is 216 Å². The maximum Gasteiger partial charge on any atom is 0.234 e. The lowest BCUT2D eigenvalue weighted by Gasteiger charge is -2.18. The van der Waals surface area contributed by atoms with Crippen LogP contribution in [0.1, 0.15) is 46.5 Å². The van der Waals surface area contributed by atoms with E-state index in [-0.39, 0.29) is 35.8 Å². The largest absolute Gasteiger partial charge is 0.467 e. The van der Waals surface area contributed by atoms with Gasteiger partial charge >= 0.3 is 0 Å². The van der Waals surface area contributed by atoms with E-state index in [1.165, 1.54) is 0 Å². The molecule has 1 N–H and O–H groups in total. The minimum Gasteiger partial charge on any atom is -0.467 e. The second-order valence-electron chi connectivity index (χ2n) is 9.04. The minimum absolute atomic E-state index is 0.168. The monoisotopic (exact) mass is 483 g/mol. The van der Waals surface area contributed by atoms with Crippen molar-refractivity contribution in [3.8, 4) is 6.07 Å². The van der Waals surface area contributed by atoms with Crippen molar-refractivity contribution in [2.75, 3.05) is 0 Å². The van der Waals surface area contributed by atoms with Gasteiger partial charge in [0.05, 0.1) is 6.04 Å². The molecule has 0 aliphatic carbocycles. The number of hydrogen-bond donors (Lipinski definition) is 1. The van der Waals surface area contributed by atoms with E-state index in [2.05, 4.69) is 23.5 Å². The summed E-state index contributed by atoms with van der Waals surface area (Å²) in [5, 5.41) is 13.8. The van der Waals surface area contributed by atoms with E-state index in [0.717, 1.165) is 22.3 Å². The van der Waals surface area contributed by atoms with Crippen LogP contribution in [0, 0.1) is 11.3 Å². The van der Waals surface area contributed by atoms with Gasteiger partial charge in [-0.15, -0.1) is 0 Å². The van der Waals surface area contributed by atoms with Gasteiger partial charge in [0.1, 0.15) is 18.2 Å². The van der Waals surface area contributed by atoms with Gasteiger partial charge in [0.15, 0.2) is 11.7 Å². The fourth-order valence-electron chi connectivity index (χ4n) is 4.92. The Morgan fingerprint density at radius 2 is 1.11 bits per heavy atom. The van der Waals surface area contributed by atoms with Crippen molar-refractivity contribution in [3.63, 3.8) is 0 Å². The van der Waals surface area contributed by atoms with Gasteiger partial charge in [-0.1, -0.05) is 121 Å². The molecule has 5 heteroatoms. The molecular weight excluding hydrogens is 458 g/mol. The zero-order valence-electron chi connectivity index (χ0n) is 20.1. The molecule has 0 spiro atoms. The third-order valence-corrected chi connectivity index (χ3v) is 6.72. The van der Waals surface area contributed by atoms with Crippen molar-refractivity contribution in [3.05, 3.63) is 155 Å². The highest BCUT2D eigenvalue weighted by atomic mass is 16.5. The number of benzene rings is 4. The van der Waals surface area contributed by atoms with E-state index in [1.807, 2.05) is 109 Å². The van der Waals surface area contributed by atoms with E-state index >= 15 is 0 Å². The van der Waals surface area contributed by atoms with Crippen molar-refractivity contribution in [2.24, 2.45) is 4.99 Å². The van der Waals surface area contributed by atoms with Gasteiger partial charge in [0.25, 0.3) is 0 Å². The third kappa shape index (κ3) is 4.46. The molecule has 2 heterocycles. The zero-order chi connectivity index (χ0) is 25.0. The maximum atomic E-state index is 10.3. The van der Waals surface area contributed by atoms with E-state index in [0.29, 0.717) is 5.88 Å². The predicted molar refractivity (Wildman–Crippen MR) is 142 cm³/mol. The van der Waals surface area contributed by atoms with Gasteiger partial charge in [-0.2, -0.15) is 5.26 Å². The minimum atomic E-state index is -0.348. The number of hydrogen-bond acceptors (Lipinski definition) is 5. The lowest BCUT2D eigenvalue weighted by atomic mass is 9.97. The van der Waals surface area contributed by atoms with Crippen LogP contribution in [0.4, 0.5) is 0 Å². The molecule has 0 radical (unpaired) electrons.